The number of aryl methyl sites for hydroxylation is 1. The summed E-state index contributed by atoms with van der Waals surface area (Å²) in [5.74, 6) is -0.0986. The maximum Gasteiger partial charge on any atom is 0.264 e. The van der Waals surface area contributed by atoms with Crippen molar-refractivity contribution in [1.29, 1.82) is 0 Å². The first-order chi connectivity index (χ1) is 16.8. The van der Waals surface area contributed by atoms with E-state index in [2.05, 4.69) is 5.32 Å². The van der Waals surface area contributed by atoms with Crippen molar-refractivity contribution in [3.8, 4) is 5.75 Å². The molecule has 8 nitrogen and oxygen atoms in total. The molecular weight excluding hydrogens is 466 g/mol. The van der Waals surface area contributed by atoms with Crippen LogP contribution in [0, 0.1) is 6.92 Å². The summed E-state index contributed by atoms with van der Waals surface area (Å²) >= 11 is 0. The van der Waals surface area contributed by atoms with Crippen molar-refractivity contribution in [2.45, 2.75) is 24.7 Å². The van der Waals surface area contributed by atoms with Crippen molar-refractivity contribution in [2.24, 2.45) is 0 Å². The number of amides is 2. The summed E-state index contributed by atoms with van der Waals surface area (Å²) in [4.78, 5) is 27.0. The van der Waals surface area contributed by atoms with Crippen molar-refractivity contribution in [3.05, 3.63) is 78.4 Å². The summed E-state index contributed by atoms with van der Waals surface area (Å²) in [7, 11) is -2.61. The second kappa shape index (κ2) is 10.2. The van der Waals surface area contributed by atoms with Gasteiger partial charge in [-0.05, 0) is 61.4 Å². The molecule has 182 valence electrons. The van der Waals surface area contributed by atoms with Gasteiger partial charge in [0.05, 0.1) is 17.7 Å². The van der Waals surface area contributed by atoms with Gasteiger partial charge >= 0.3 is 0 Å². The molecule has 1 fully saturated rings. The molecule has 0 spiro atoms. The van der Waals surface area contributed by atoms with Gasteiger partial charge in [-0.25, -0.2) is 8.42 Å². The van der Waals surface area contributed by atoms with Gasteiger partial charge in [0.1, 0.15) is 12.3 Å². The standard InChI is InChI=1S/C26H27N3O5S/c1-19-17-20(14-15-22(19)28-16-8-13-26(28)31)27-25(30)18-29(23-11-6-7-12-24(23)34-2)35(32,33)21-9-4-3-5-10-21/h3-7,9-12,14-15,17H,8,13,16,18H2,1-2H3,(H,27,30). The molecule has 0 bridgehead atoms. The van der Waals surface area contributed by atoms with E-state index in [0.717, 1.165) is 22.0 Å². The van der Waals surface area contributed by atoms with E-state index in [9.17, 15) is 18.0 Å². The van der Waals surface area contributed by atoms with Crippen LogP contribution in [0.1, 0.15) is 18.4 Å². The van der Waals surface area contributed by atoms with E-state index >= 15 is 0 Å². The Bertz CT molecular complexity index is 1340. The summed E-state index contributed by atoms with van der Waals surface area (Å²) in [5.41, 5.74) is 2.43. The van der Waals surface area contributed by atoms with Gasteiger partial charge in [-0.15, -0.1) is 0 Å². The van der Waals surface area contributed by atoms with Crippen molar-refractivity contribution in [1.82, 2.24) is 0 Å². The third kappa shape index (κ3) is 5.14. The number of methoxy groups -OCH3 is 1. The Morgan fingerprint density at radius 2 is 1.77 bits per heavy atom. The number of anilines is 3. The molecular formula is C26H27N3O5S. The highest BCUT2D eigenvalue weighted by atomic mass is 32.2. The monoisotopic (exact) mass is 493 g/mol. The number of rotatable bonds is 8. The molecule has 2 amide bonds. The molecule has 1 N–H and O–H groups in total. The molecule has 3 aromatic carbocycles. The number of nitrogens with one attached hydrogen (secondary N) is 1. The molecule has 1 saturated heterocycles. The number of sulfonamides is 1. The van der Waals surface area contributed by atoms with Gasteiger partial charge in [0.25, 0.3) is 10.0 Å². The molecule has 4 rings (SSSR count). The zero-order valence-corrected chi connectivity index (χ0v) is 20.4. The number of hydrogen-bond donors (Lipinski definition) is 1. The molecule has 0 radical (unpaired) electrons. The molecule has 0 aliphatic carbocycles. The number of para-hydroxylation sites is 2. The van der Waals surface area contributed by atoms with Crippen LogP contribution in [-0.2, 0) is 19.6 Å². The van der Waals surface area contributed by atoms with Gasteiger partial charge in [-0.3, -0.25) is 13.9 Å². The zero-order chi connectivity index (χ0) is 25.0. The minimum Gasteiger partial charge on any atom is -0.495 e. The van der Waals surface area contributed by atoms with Crippen LogP contribution < -0.4 is 19.3 Å². The Morgan fingerprint density at radius 1 is 1.06 bits per heavy atom. The van der Waals surface area contributed by atoms with Crippen LogP contribution in [-0.4, -0.2) is 40.4 Å². The molecule has 0 saturated carbocycles. The van der Waals surface area contributed by atoms with Crippen LogP contribution >= 0.6 is 0 Å². The predicted molar refractivity (Wildman–Crippen MR) is 135 cm³/mol. The molecule has 1 aliphatic heterocycles. The van der Waals surface area contributed by atoms with Gasteiger partial charge in [-0.1, -0.05) is 30.3 Å². The number of ether oxygens (including phenoxy) is 1. The molecule has 3 aromatic rings. The van der Waals surface area contributed by atoms with Crippen LogP contribution in [0.3, 0.4) is 0 Å². The van der Waals surface area contributed by atoms with E-state index in [-0.39, 0.29) is 16.5 Å². The van der Waals surface area contributed by atoms with Crippen molar-refractivity contribution in [2.75, 3.05) is 34.7 Å². The minimum atomic E-state index is -4.06. The van der Waals surface area contributed by atoms with Gasteiger partial charge < -0.3 is 15.0 Å². The smallest absolute Gasteiger partial charge is 0.264 e. The SMILES string of the molecule is COc1ccccc1N(CC(=O)Nc1ccc(N2CCCC2=O)c(C)c1)S(=O)(=O)c1ccccc1. The first-order valence-electron chi connectivity index (χ1n) is 11.2. The first-order valence-corrected chi connectivity index (χ1v) is 12.7. The lowest BCUT2D eigenvalue weighted by Gasteiger charge is -2.25. The Kier molecular flexibility index (Phi) is 7.07. The van der Waals surface area contributed by atoms with Gasteiger partial charge in [0.15, 0.2) is 0 Å². The molecule has 1 heterocycles. The highest BCUT2D eigenvalue weighted by molar-refractivity contribution is 7.92. The quantitative estimate of drug-likeness (QED) is 0.512. The van der Waals surface area contributed by atoms with Crippen LogP contribution in [0.15, 0.2) is 77.7 Å². The summed E-state index contributed by atoms with van der Waals surface area (Å²) in [5, 5.41) is 2.78. The van der Waals surface area contributed by atoms with Crippen molar-refractivity contribution >= 4 is 38.9 Å². The van der Waals surface area contributed by atoms with E-state index in [1.165, 1.54) is 19.2 Å². The number of hydrogen-bond acceptors (Lipinski definition) is 5. The third-order valence-electron chi connectivity index (χ3n) is 5.82. The first kappa shape index (κ1) is 24.3. The highest BCUT2D eigenvalue weighted by Gasteiger charge is 2.29. The predicted octanol–water partition coefficient (Wildman–Crippen LogP) is 3.96. The molecule has 0 aromatic heterocycles. The zero-order valence-electron chi connectivity index (χ0n) is 19.6. The largest absolute Gasteiger partial charge is 0.495 e. The molecule has 9 heteroatoms. The van der Waals surface area contributed by atoms with E-state index in [4.69, 9.17) is 4.74 Å². The lowest BCUT2D eigenvalue weighted by Crippen LogP contribution is -2.38. The molecule has 1 aliphatic rings. The minimum absolute atomic E-state index is 0.0641. The van der Waals surface area contributed by atoms with Crippen LogP contribution in [0.4, 0.5) is 17.1 Å². The van der Waals surface area contributed by atoms with Crippen molar-refractivity contribution < 1.29 is 22.7 Å². The Labute approximate surface area is 205 Å². The van der Waals surface area contributed by atoms with Crippen LogP contribution in [0.25, 0.3) is 0 Å². The summed E-state index contributed by atoms with van der Waals surface area (Å²) in [6.45, 7) is 2.09. The van der Waals surface area contributed by atoms with E-state index in [1.807, 2.05) is 6.92 Å². The topological polar surface area (TPSA) is 96.0 Å². The second-order valence-corrected chi connectivity index (χ2v) is 10.1. The van der Waals surface area contributed by atoms with Gasteiger partial charge in [0, 0.05) is 24.3 Å². The summed E-state index contributed by atoms with van der Waals surface area (Å²) in [6, 6.07) is 19.9. The molecule has 0 unspecified atom stereocenters. The van der Waals surface area contributed by atoms with E-state index in [1.54, 1.807) is 65.6 Å². The average Bonchev–Trinajstić information content (AvgIpc) is 3.28. The lowest BCUT2D eigenvalue weighted by molar-refractivity contribution is -0.117. The third-order valence-corrected chi connectivity index (χ3v) is 7.59. The number of carbonyl (C=O) groups is 2. The van der Waals surface area contributed by atoms with Gasteiger partial charge in [-0.2, -0.15) is 0 Å². The number of nitrogens with zero attached hydrogens (tertiary/aromatic N) is 2. The molecule has 35 heavy (non-hydrogen) atoms. The fraction of sp³-hybridized carbons (Fsp3) is 0.231. The Balaban J connectivity index is 1.61. The van der Waals surface area contributed by atoms with Gasteiger partial charge in [0.2, 0.25) is 11.8 Å². The average molecular weight is 494 g/mol. The Hall–Kier alpha value is -3.85. The summed E-state index contributed by atoms with van der Waals surface area (Å²) < 4.78 is 33.5. The number of benzene rings is 3. The lowest BCUT2D eigenvalue weighted by atomic mass is 10.1. The normalized spacial score (nSPS) is 13.5. The van der Waals surface area contributed by atoms with Crippen LogP contribution in [0.5, 0.6) is 5.75 Å². The van der Waals surface area contributed by atoms with E-state index in [0.29, 0.717) is 24.4 Å². The maximum atomic E-state index is 13.5. The van der Waals surface area contributed by atoms with Crippen molar-refractivity contribution in [3.63, 3.8) is 0 Å². The molecule has 0 atom stereocenters. The summed E-state index contributed by atoms with van der Waals surface area (Å²) in [6.07, 6.45) is 1.36. The maximum absolute atomic E-state index is 13.5. The second-order valence-electron chi connectivity index (χ2n) is 8.19. The van der Waals surface area contributed by atoms with Crippen LogP contribution in [0.2, 0.25) is 0 Å². The number of carbonyl (C=O) groups excluding carboxylic acids is 2. The fourth-order valence-electron chi connectivity index (χ4n) is 4.13. The Morgan fingerprint density at radius 3 is 2.43 bits per heavy atom. The van der Waals surface area contributed by atoms with E-state index < -0.39 is 22.5 Å². The fourth-order valence-corrected chi connectivity index (χ4v) is 5.58. The highest BCUT2D eigenvalue weighted by Crippen LogP contribution is 2.32.